The summed E-state index contributed by atoms with van der Waals surface area (Å²) in [5.74, 6) is 1.05. The second kappa shape index (κ2) is 5.10. The zero-order valence-corrected chi connectivity index (χ0v) is 10.8. The number of aryl methyl sites for hydroxylation is 2. The molecule has 2 aromatic rings. The van der Waals surface area contributed by atoms with E-state index in [0.717, 1.165) is 22.6 Å². The fourth-order valence-corrected chi connectivity index (χ4v) is 1.83. The summed E-state index contributed by atoms with van der Waals surface area (Å²) in [6.45, 7) is 4.31. The largest absolute Gasteiger partial charge is 0.384 e. The van der Waals surface area contributed by atoms with E-state index in [4.69, 9.17) is 10.5 Å². The molecule has 0 fully saturated rings. The molecule has 0 radical (unpaired) electrons. The van der Waals surface area contributed by atoms with Crippen LogP contribution in [0.1, 0.15) is 17.1 Å². The highest BCUT2D eigenvalue weighted by Gasteiger charge is 2.07. The van der Waals surface area contributed by atoms with Gasteiger partial charge < -0.3 is 10.5 Å². The Morgan fingerprint density at radius 1 is 1.06 bits per heavy atom. The first-order valence-electron chi connectivity index (χ1n) is 5.66. The standard InChI is InChI=1S/C13H16N4O/c1-8-4-10(5-9(2)15-8)13-16-11(7-18-3)6-12(14)17-13/h4-6H,7H2,1-3H3,(H2,14,16,17). The molecule has 2 rings (SSSR count). The number of nitrogens with two attached hydrogens (primary N) is 1. The summed E-state index contributed by atoms with van der Waals surface area (Å²) < 4.78 is 5.06. The summed E-state index contributed by atoms with van der Waals surface area (Å²) in [5, 5.41) is 0. The van der Waals surface area contributed by atoms with Gasteiger partial charge in [-0.25, -0.2) is 9.97 Å². The van der Waals surface area contributed by atoms with Crippen LogP contribution in [0.15, 0.2) is 18.2 Å². The van der Waals surface area contributed by atoms with Gasteiger partial charge in [0, 0.05) is 30.1 Å². The first-order chi connectivity index (χ1) is 8.58. The van der Waals surface area contributed by atoms with E-state index in [1.807, 2.05) is 26.0 Å². The van der Waals surface area contributed by atoms with Crippen molar-refractivity contribution < 1.29 is 4.74 Å². The third-order valence-electron chi connectivity index (χ3n) is 2.43. The summed E-state index contributed by atoms with van der Waals surface area (Å²) in [4.78, 5) is 13.0. The van der Waals surface area contributed by atoms with Crippen LogP contribution in [-0.2, 0) is 11.3 Å². The van der Waals surface area contributed by atoms with E-state index in [9.17, 15) is 0 Å². The van der Waals surface area contributed by atoms with E-state index in [1.165, 1.54) is 0 Å². The van der Waals surface area contributed by atoms with E-state index in [2.05, 4.69) is 15.0 Å². The van der Waals surface area contributed by atoms with Crippen molar-refractivity contribution >= 4 is 5.82 Å². The lowest BCUT2D eigenvalue weighted by Gasteiger charge is -2.06. The number of nitrogen functional groups attached to an aromatic ring is 1. The van der Waals surface area contributed by atoms with Crippen molar-refractivity contribution in [3.63, 3.8) is 0 Å². The van der Waals surface area contributed by atoms with Gasteiger partial charge in [-0.2, -0.15) is 0 Å². The zero-order valence-electron chi connectivity index (χ0n) is 10.8. The molecule has 2 aromatic heterocycles. The van der Waals surface area contributed by atoms with Crippen LogP contribution in [0.2, 0.25) is 0 Å². The Bertz CT molecular complexity index is 549. The number of nitrogens with zero attached hydrogens (tertiary/aromatic N) is 3. The van der Waals surface area contributed by atoms with Crippen molar-refractivity contribution in [1.29, 1.82) is 0 Å². The number of rotatable bonds is 3. The molecular formula is C13H16N4O. The molecule has 5 nitrogen and oxygen atoms in total. The second-order valence-corrected chi connectivity index (χ2v) is 4.18. The monoisotopic (exact) mass is 244 g/mol. The molecule has 0 aliphatic carbocycles. The van der Waals surface area contributed by atoms with Crippen LogP contribution >= 0.6 is 0 Å². The lowest BCUT2D eigenvalue weighted by Crippen LogP contribution is -2.02. The van der Waals surface area contributed by atoms with Crippen molar-refractivity contribution in [3.05, 3.63) is 35.3 Å². The van der Waals surface area contributed by atoms with Crippen molar-refractivity contribution in [2.75, 3.05) is 12.8 Å². The van der Waals surface area contributed by atoms with Crippen LogP contribution < -0.4 is 5.73 Å². The molecule has 0 spiro atoms. The Hall–Kier alpha value is -2.01. The number of ether oxygens (including phenoxy) is 1. The summed E-state index contributed by atoms with van der Waals surface area (Å²) >= 11 is 0. The molecule has 0 atom stereocenters. The van der Waals surface area contributed by atoms with Gasteiger partial charge in [0.05, 0.1) is 12.3 Å². The Kier molecular flexibility index (Phi) is 3.53. The minimum absolute atomic E-state index is 0.419. The molecule has 0 saturated heterocycles. The van der Waals surface area contributed by atoms with Crippen LogP contribution in [0.5, 0.6) is 0 Å². The summed E-state index contributed by atoms with van der Waals surface area (Å²) in [6, 6.07) is 5.60. The van der Waals surface area contributed by atoms with E-state index < -0.39 is 0 Å². The molecule has 0 aromatic carbocycles. The highest BCUT2D eigenvalue weighted by atomic mass is 16.5. The van der Waals surface area contributed by atoms with Crippen LogP contribution in [0.4, 0.5) is 5.82 Å². The van der Waals surface area contributed by atoms with Crippen molar-refractivity contribution in [2.24, 2.45) is 0 Å². The Balaban J connectivity index is 2.49. The van der Waals surface area contributed by atoms with Gasteiger partial charge in [0.25, 0.3) is 0 Å². The molecule has 18 heavy (non-hydrogen) atoms. The lowest BCUT2D eigenvalue weighted by atomic mass is 10.2. The van der Waals surface area contributed by atoms with Gasteiger partial charge in [-0.05, 0) is 26.0 Å². The molecule has 2 N–H and O–H groups in total. The number of aromatic nitrogens is 3. The highest BCUT2D eigenvalue weighted by molar-refractivity contribution is 5.57. The molecule has 0 amide bonds. The van der Waals surface area contributed by atoms with Crippen LogP contribution in [0, 0.1) is 13.8 Å². The average molecular weight is 244 g/mol. The van der Waals surface area contributed by atoms with E-state index >= 15 is 0 Å². The predicted octanol–water partition coefficient (Wildman–Crippen LogP) is 1.88. The van der Waals surface area contributed by atoms with Crippen LogP contribution in [0.3, 0.4) is 0 Å². The molecule has 0 aliphatic heterocycles. The molecule has 0 saturated carbocycles. The number of anilines is 1. The minimum atomic E-state index is 0.419. The summed E-state index contributed by atoms with van der Waals surface area (Å²) in [5.41, 5.74) is 9.34. The maximum Gasteiger partial charge on any atom is 0.161 e. The molecular weight excluding hydrogens is 228 g/mol. The molecule has 0 bridgehead atoms. The fraction of sp³-hybridized carbons (Fsp3) is 0.308. The van der Waals surface area contributed by atoms with Gasteiger partial charge in [-0.1, -0.05) is 0 Å². The smallest absolute Gasteiger partial charge is 0.161 e. The average Bonchev–Trinajstić information content (AvgIpc) is 2.27. The highest BCUT2D eigenvalue weighted by Crippen LogP contribution is 2.18. The van der Waals surface area contributed by atoms with Crippen molar-refractivity contribution in [1.82, 2.24) is 15.0 Å². The first kappa shape index (κ1) is 12.4. The van der Waals surface area contributed by atoms with Gasteiger partial charge in [0.1, 0.15) is 5.82 Å². The van der Waals surface area contributed by atoms with Gasteiger partial charge in [-0.15, -0.1) is 0 Å². The van der Waals surface area contributed by atoms with Crippen molar-refractivity contribution in [3.8, 4) is 11.4 Å². The van der Waals surface area contributed by atoms with E-state index in [0.29, 0.717) is 18.2 Å². The maximum atomic E-state index is 5.78. The number of methoxy groups -OCH3 is 1. The number of hydrogen-bond acceptors (Lipinski definition) is 5. The van der Waals surface area contributed by atoms with E-state index in [-0.39, 0.29) is 0 Å². The lowest BCUT2D eigenvalue weighted by molar-refractivity contribution is 0.181. The number of pyridine rings is 1. The summed E-state index contributed by atoms with van der Waals surface area (Å²) in [7, 11) is 1.62. The third kappa shape index (κ3) is 2.81. The molecule has 5 heteroatoms. The first-order valence-corrected chi connectivity index (χ1v) is 5.66. The maximum absolute atomic E-state index is 5.78. The third-order valence-corrected chi connectivity index (χ3v) is 2.43. The Morgan fingerprint density at radius 3 is 2.33 bits per heavy atom. The van der Waals surface area contributed by atoms with Crippen LogP contribution in [0.25, 0.3) is 11.4 Å². The zero-order chi connectivity index (χ0) is 13.1. The summed E-state index contributed by atoms with van der Waals surface area (Å²) in [6.07, 6.45) is 0. The SMILES string of the molecule is COCc1cc(N)nc(-c2cc(C)nc(C)c2)n1. The normalized spacial score (nSPS) is 10.6. The Morgan fingerprint density at radius 2 is 1.72 bits per heavy atom. The quantitative estimate of drug-likeness (QED) is 0.892. The topological polar surface area (TPSA) is 73.9 Å². The predicted molar refractivity (Wildman–Crippen MR) is 69.9 cm³/mol. The van der Waals surface area contributed by atoms with Gasteiger partial charge >= 0.3 is 0 Å². The van der Waals surface area contributed by atoms with Gasteiger partial charge in [0.15, 0.2) is 5.82 Å². The minimum Gasteiger partial charge on any atom is -0.384 e. The molecule has 0 aliphatic rings. The van der Waals surface area contributed by atoms with Crippen LogP contribution in [-0.4, -0.2) is 22.1 Å². The molecule has 94 valence electrons. The number of hydrogen-bond donors (Lipinski definition) is 1. The molecule has 2 heterocycles. The van der Waals surface area contributed by atoms with Gasteiger partial charge in [0.2, 0.25) is 0 Å². The Labute approximate surface area is 106 Å². The van der Waals surface area contributed by atoms with Crippen molar-refractivity contribution in [2.45, 2.75) is 20.5 Å². The fourth-order valence-electron chi connectivity index (χ4n) is 1.83. The van der Waals surface area contributed by atoms with E-state index in [1.54, 1.807) is 13.2 Å². The second-order valence-electron chi connectivity index (χ2n) is 4.18. The molecule has 0 unspecified atom stereocenters. The van der Waals surface area contributed by atoms with Gasteiger partial charge in [-0.3, -0.25) is 4.98 Å².